The number of ether oxygens (including phenoxy) is 2. The second-order valence-corrected chi connectivity index (χ2v) is 9.42. The average Bonchev–Trinajstić information content (AvgIpc) is 3.58. The minimum atomic E-state index is -3.49. The van der Waals surface area contributed by atoms with Crippen molar-refractivity contribution in [3.63, 3.8) is 0 Å². The SMILES string of the molecule is N#Cc1nc(-c2ccc(S(=O)(=O)N3CCCC3)cc2)oc1NCc1ccc2c(c1)OCO2. The number of nitrogens with zero attached hydrogens (tertiary/aromatic N) is 3. The van der Waals surface area contributed by atoms with Gasteiger partial charge in [0.05, 0.1) is 4.90 Å². The lowest BCUT2D eigenvalue weighted by molar-refractivity contribution is 0.174. The second kappa shape index (κ2) is 8.18. The zero-order valence-electron chi connectivity index (χ0n) is 17.1. The molecule has 2 aliphatic heterocycles. The van der Waals surface area contributed by atoms with Gasteiger partial charge in [0, 0.05) is 25.2 Å². The molecule has 1 aromatic heterocycles. The van der Waals surface area contributed by atoms with Gasteiger partial charge in [-0.15, -0.1) is 0 Å². The highest BCUT2D eigenvalue weighted by Crippen LogP contribution is 2.33. The standard InChI is InChI=1S/C22H20N4O5S/c23-12-18-22(24-13-15-3-8-19-20(11-15)30-14-29-19)31-21(25-18)16-4-6-17(7-5-16)32(27,28)26-9-1-2-10-26/h3-8,11,24H,1-2,9-10,13-14H2. The summed E-state index contributed by atoms with van der Waals surface area (Å²) in [4.78, 5) is 4.48. The van der Waals surface area contributed by atoms with Crippen LogP contribution in [-0.4, -0.2) is 37.6 Å². The number of rotatable bonds is 6. The number of sulfonamides is 1. The Labute approximate surface area is 185 Å². The third-order valence-corrected chi connectivity index (χ3v) is 7.34. The van der Waals surface area contributed by atoms with Gasteiger partial charge in [0.15, 0.2) is 11.5 Å². The molecule has 0 bridgehead atoms. The molecule has 0 amide bonds. The van der Waals surface area contributed by atoms with E-state index in [0.29, 0.717) is 36.7 Å². The van der Waals surface area contributed by atoms with Crippen LogP contribution in [0.5, 0.6) is 11.5 Å². The lowest BCUT2D eigenvalue weighted by Crippen LogP contribution is -2.27. The molecular weight excluding hydrogens is 432 g/mol. The zero-order chi connectivity index (χ0) is 22.1. The van der Waals surface area contributed by atoms with E-state index in [0.717, 1.165) is 18.4 Å². The van der Waals surface area contributed by atoms with E-state index in [-0.39, 0.29) is 29.2 Å². The smallest absolute Gasteiger partial charge is 0.243 e. The van der Waals surface area contributed by atoms with Crippen molar-refractivity contribution in [2.45, 2.75) is 24.3 Å². The average molecular weight is 452 g/mol. The summed E-state index contributed by atoms with van der Waals surface area (Å²) in [5, 5.41) is 12.5. The molecular formula is C22H20N4O5S. The van der Waals surface area contributed by atoms with Gasteiger partial charge in [-0.1, -0.05) is 6.07 Å². The van der Waals surface area contributed by atoms with Crippen molar-refractivity contribution in [3.05, 3.63) is 53.7 Å². The number of nitrogens with one attached hydrogen (secondary N) is 1. The maximum absolute atomic E-state index is 12.7. The van der Waals surface area contributed by atoms with Crippen LogP contribution >= 0.6 is 0 Å². The van der Waals surface area contributed by atoms with Gasteiger partial charge < -0.3 is 19.2 Å². The van der Waals surface area contributed by atoms with Gasteiger partial charge >= 0.3 is 0 Å². The van der Waals surface area contributed by atoms with E-state index in [1.54, 1.807) is 24.3 Å². The number of oxazole rings is 1. The summed E-state index contributed by atoms with van der Waals surface area (Å²) in [7, 11) is -3.49. The summed E-state index contributed by atoms with van der Waals surface area (Å²) in [6.07, 6.45) is 1.76. The molecule has 1 N–H and O–H groups in total. The minimum absolute atomic E-state index is 0.120. The normalized spacial score (nSPS) is 15.6. The minimum Gasteiger partial charge on any atom is -0.454 e. The highest BCUT2D eigenvalue weighted by atomic mass is 32.2. The summed E-state index contributed by atoms with van der Waals surface area (Å²) in [5.41, 5.74) is 1.63. The van der Waals surface area contributed by atoms with Crippen LogP contribution in [0.15, 0.2) is 51.8 Å². The number of benzene rings is 2. The molecule has 1 fully saturated rings. The Morgan fingerprint density at radius 1 is 1.06 bits per heavy atom. The van der Waals surface area contributed by atoms with Crippen LogP contribution < -0.4 is 14.8 Å². The highest BCUT2D eigenvalue weighted by molar-refractivity contribution is 7.89. The van der Waals surface area contributed by atoms with Crippen molar-refractivity contribution in [1.82, 2.24) is 9.29 Å². The predicted molar refractivity (Wildman–Crippen MR) is 115 cm³/mol. The first-order valence-electron chi connectivity index (χ1n) is 10.2. The molecule has 1 saturated heterocycles. The van der Waals surface area contributed by atoms with Crippen molar-refractivity contribution >= 4 is 15.9 Å². The first kappa shape index (κ1) is 20.4. The van der Waals surface area contributed by atoms with Gasteiger partial charge in [-0.3, -0.25) is 0 Å². The van der Waals surface area contributed by atoms with Crippen LogP contribution in [0.25, 0.3) is 11.5 Å². The molecule has 3 heterocycles. The van der Waals surface area contributed by atoms with Crippen LogP contribution in [0.1, 0.15) is 24.1 Å². The molecule has 3 aromatic rings. The van der Waals surface area contributed by atoms with Gasteiger partial charge in [-0.2, -0.15) is 14.6 Å². The quantitative estimate of drug-likeness (QED) is 0.605. The van der Waals surface area contributed by atoms with Crippen LogP contribution in [0, 0.1) is 11.3 Å². The zero-order valence-corrected chi connectivity index (χ0v) is 17.9. The summed E-state index contributed by atoms with van der Waals surface area (Å²) in [6, 6.07) is 14.0. The molecule has 0 aliphatic carbocycles. The van der Waals surface area contributed by atoms with E-state index >= 15 is 0 Å². The Balaban J connectivity index is 1.33. The first-order chi connectivity index (χ1) is 15.5. The largest absolute Gasteiger partial charge is 0.454 e. The van der Waals surface area contributed by atoms with Crippen molar-refractivity contribution in [3.8, 4) is 29.0 Å². The van der Waals surface area contributed by atoms with Crippen molar-refractivity contribution in [2.24, 2.45) is 0 Å². The highest BCUT2D eigenvalue weighted by Gasteiger charge is 2.27. The Bertz CT molecular complexity index is 1290. The summed E-state index contributed by atoms with van der Waals surface area (Å²) < 4.78 is 43.3. The Morgan fingerprint density at radius 2 is 1.81 bits per heavy atom. The fourth-order valence-corrected chi connectivity index (χ4v) is 5.24. The topological polar surface area (TPSA) is 118 Å². The Morgan fingerprint density at radius 3 is 2.56 bits per heavy atom. The van der Waals surface area contributed by atoms with Crippen molar-refractivity contribution in [2.75, 3.05) is 25.2 Å². The Hall–Kier alpha value is -3.55. The summed E-state index contributed by atoms with van der Waals surface area (Å²) in [5.74, 6) is 1.85. The lowest BCUT2D eigenvalue weighted by atomic mass is 10.2. The van der Waals surface area contributed by atoms with Gasteiger partial charge in [0.1, 0.15) is 6.07 Å². The summed E-state index contributed by atoms with van der Waals surface area (Å²) >= 11 is 0. The predicted octanol–water partition coefficient (Wildman–Crippen LogP) is 3.34. The van der Waals surface area contributed by atoms with E-state index in [9.17, 15) is 13.7 Å². The molecule has 0 unspecified atom stereocenters. The van der Waals surface area contributed by atoms with E-state index in [1.807, 2.05) is 24.3 Å². The fourth-order valence-electron chi connectivity index (χ4n) is 3.72. The second-order valence-electron chi connectivity index (χ2n) is 7.49. The van der Waals surface area contributed by atoms with E-state index in [2.05, 4.69) is 10.3 Å². The number of aromatic nitrogens is 1. The molecule has 0 atom stereocenters. The number of hydrogen-bond donors (Lipinski definition) is 1. The molecule has 0 spiro atoms. The van der Waals surface area contributed by atoms with Gasteiger partial charge in [-0.05, 0) is 54.8 Å². The molecule has 2 aromatic carbocycles. The Kier molecular flexibility index (Phi) is 5.20. The fraction of sp³-hybridized carbons (Fsp3) is 0.273. The lowest BCUT2D eigenvalue weighted by Gasteiger charge is -2.15. The van der Waals surface area contributed by atoms with Gasteiger partial charge in [0.25, 0.3) is 0 Å². The molecule has 164 valence electrons. The summed E-state index contributed by atoms with van der Waals surface area (Å²) in [6.45, 7) is 1.70. The number of hydrogen-bond acceptors (Lipinski definition) is 8. The third-order valence-electron chi connectivity index (χ3n) is 5.43. The molecule has 5 rings (SSSR count). The van der Waals surface area contributed by atoms with Crippen molar-refractivity contribution in [1.29, 1.82) is 5.26 Å². The molecule has 2 aliphatic rings. The number of anilines is 1. The third kappa shape index (κ3) is 3.77. The van der Waals surface area contributed by atoms with Crippen LogP contribution in [0.3, 0.4) is 0 Å². The van der Waals surface area contributed by atoms with Gasteiger partial charge in [0.2, 0.25) is 34.3 Å². The molecule has 10 heteroatoms. The van der Waals surface area contributed by atoms with Gasteiger partial charge in [-0.25, -0.2) is 8.42 Å². The number of nitriles is 1. The molecule has 0 saturated carbocycles. The van der Waals surface area contributed by atoms with Crippen LogP contribution in [0.4, 0.5) is 5.88 Å². The van der Waals surface area contributed by atoms with Crippen LogP contribution in [0.2, 0.25) is 0 Å². The molecule has 32 heavy (non-hydrogen) atoms. The number of fused-ring (bicyclic) bond motifs is 1. The first-order valence-corrected chi connectivity index (χ1v) is 11.6. The molecule has 9 nitrogen and oxygen atoms in total. The van der Waals surface area contributed by atoms with E-state index < -0.39 is 10.0 Å². The van der Waals surface area contributed by atoms with Crippen molar-refractivity contribution < 1.29 is 22.3 Å². The van der Waals surface area contributed by atoms with E-state index in [4.69, 9.17) is 13.9 Å². The van der Waals surface area contributed by atoms with Crippen LogP contribution in [-0.2, 0) is 16.6 Å². The maximum Gasteiger partial charge on any atom is 0.243 e. The maximum atomic E-state index is 12.7. The van der Waals surface area contributed by atoms with E-state index in [1.165, 1.54) is 4.31 Å². The molecule has 0 radical (unpaired) electrons. The monoisotopic (exact) mass is 452 g/mol.